The molecule has 0 fully saturated rings. The first kappa shape index (κ1) is 13.4. The van der Waals surface area contributed by atoms with Crippen molar-refractivity contribution in [2.24, 2.45) is 5.73 Å². The van der Waals surface area contributed by atoms with E-state index in [9.17, 15) is 13.6 Å². The highest BCUT2D eigenvalue weighted by Crippen LogP contribution is 2.20. The number of nitrogens with one attached hydrogen (secondary N) is 1. The average molecular weight is 244 g/mol. The minimum Gasteiger partial charge on any atom is -0.434 e. The SMILES string of the molecule is C[C@@H](CN)NC(=O)c1ccccc1OC(F)F. The lowest BCUT2D eigenvalue weighted by molar-refractivity contribution is -0.0501. The molecular formula is C11H14F2N2O2. The molecule has 0 aromatic heterocycles. The van der Waals surface area contributed by atoms with Crippen molar-refractivity contribution in [2.45, 2.75) is 19.6 Å². The summed E-state index contributed by atoms with van der Waals surface area (Å²) in [5.41, 5.74) is 5.41. The largest absolute Gasteiger partial charge is 0.434 e. The van der Waals surface area contributed by atoms with Gasteiger partial charge in [-0.1, -0.05) is 12.1 Å². The van der Waals surface area contributed by atoms with Crippen LogP contribution in [0.4, 0.5) is 8.78 Å². The molecule has 17 heavy (non-hydrogen) atoms. The molecule has 0 saturated heterocycles. The molecule has 4 nitrogen and oxygen atoms in total. The van der Waals surface area contributed by atoms with E-state index in [0.29, 0.717) is 0 Å². The number of benzene rings is 1. The first-order valence-electron chi connectivity index (χ1n) is 5.09. The Morgan fingerprint density at radius 2 is 2.12 bits per heavy atom. The number of hydrogen-bond donors (Lipinski definition) is 2. The van der Waals surface area contributed by atoms with Crippen LogP contribution < -0.4 is 15.8 Å². The van der Waals surface area contributed by atoms with E-state index in [1.165, 1.54) is 18.2 Å². The zero-order valence-corrected chi connectivity index (χ0v) is 9.32. The Morgan fingerprint density at radius 3 is 2.71 bits per heavy atom. The summed E-state index contributed by atoms with van der Waals surface area (Å²) in [4.78, 5) is 11.7. The van der Waals surface area contributed by atoms with Crippen LogP contribution in [0.2, 0.25) is 0 Å². The fourth-order valence-electron chi connectivity index (χ4n) is 1.21. The van der Waals surface area contributed by atoms with Gasteiger partial charge in [0, 0.05) is 12.6 Å². The highest BCUT2D eigenvalue weighted by Gasteiger charge is 2.16. The molecule has 0 aliphatic heterocycles. The van der Waals surface area contributed by atoms with E-state index in [1.54, 1.807) is 13.0 Å². The van der Waals surface area contributed by atoms with Crippen molar-refractivity contribution in [1.82, 2.24) is 5.32 Å². The first-order valence-corrected chi connectivity index (χ1v) is 5.09. The van der Waals surface area contributed by atoms with E-state index in [4.69, 9.17) is 5.73 Å². The molecule has 1 rings (SSSR count). The Kier molecular flexibility index (Phi) is 4.84. The normalized spacial score (nSPS) is 12.3. The third kappa shape index (κ3) is 3.99. The van der Waals surface area contributed by atoms with Gasteiger partial charge in [0.05, 0.1) is 5.56 Å². The Bertz CT molecular complexity index is 385. The van der Waals surface area contributed by atoms with Crippen molar-refractivity contribution in [3.63, 3.8) is 0 Å². The van der Waals surface area contributed by atoms with Gasteiger partial charge in [-0.25, -0.2) is 0 Å². The van der Waals surface area contributed by atoms with Crippen LogP contribution in [0.1, 0.15) is 17.3 Å². The zero-order valence-electron chi connectivity index (χ0n) is 9.32. The lowest BCUT2D eigenvalue weighted by Gasteiger charge is -2.14. The maximum atomic E-state index is 12.1. The third-order valence-corrected chi connectivity index (χ3v) is 2.08. The number of carbonyl (C=O) groups excluding carboxylic acids is 1. The molecule has 0 unspecified atom stereocenters. The van der Waals surface area contributed by atoms with Gasteiger partial charge in [-0.2, -0.15) is 8.78 Å². The smallest absolute Gasteiger partial charge is 0.387 e. The van der Waals surface area contributed by atoms with Gasteiger partial charge in [-0.05, 0) is 19.1 Å². The summed E-state index contributed by atoms with van der Waals surface area (Å²) in [7, 11) is 0. The lowest BCUT2D eigenvalue weighted by atomic mass is 10.1. The molecule has 0 bridgehead atoms. The van der Waals surface area contributed by atoms with Gasteiger partial charge in [0.1, 0.15) is 5.75 Å². The molecular weight excluding hydrogens is 230 g/mol. The fourth-order valence-corrected chi connectivity index (χ4v) is 1.21. The average Bonchev–Trinajstić information content (AvgIpc) is 2.28. The van der Waals surface area contributed by atoms with Crippen LogP contribution >= 0.6 is 0 Å². The minimum absolute atomic E-state index is 0.0631. The van der Waals surface area contributed by atoms with Crippen molar-refractivity contribution in [1.29, 1.82) is 0 Å². The summed E-state index contributed by atoms with van der Waals surface area (Å²) in [6, 6.07) is 5.58. The van der Waals surface area contributed by atoms with Crippen LogP contribution in [0.15, 0.2) is 24.3 Å². The van der Waals surface area contributed by atoms with Gasteiger partial charge in [-0.3, -0.25) is 4.79 Å². The Labute approximate surface area is 97.8 Å². The maximum absolute atomic E-state index is 12.1. The van der Waals surface area contributed by atoms with Crippen LogP contribution in [0.3, 0.4) is 0 Å². The van der Waals surface area contributed by atoms with Gasteiger partial charge in [-0.15, -0.1) is 0 Å². The van der Waals surface area contributed by atoms with Crippen LogP contribution in [0, 0.1) is 0 Å². The van der Waals surface area contributed by atoms with E-state index in [1.807, 2.05) is 0 Å². The Balaban J connectivity index is 2.85. The molecule has 1 aromatic rings. The van der Waals surface area contributed by atoms with Crippen LogP contribution in [-0.4, -0.2) is 25.1 Å². The molecule has 1 amide bonds. The van der Waals surface area contributed by atoms with E-state index < -0.39 is 12.5 Å². The summed E-state index contributed by atoms with van der Waals surface area (Å²) < 4.78 is 28.5. The van der Waals surface area contributed by atoms with Crippen molar-refractivity contribution in [2.75, 3.05) is 6.54 Å². The molecule has 0 heterocycles. The molecule has 0 saturated carbocycles. The maximum Gasteiger partial charge on any atom is 0.387 e. The van der Waals surface area contributed by atoms with E-state index in [2.05, 4.69) is 10.1 Å². The fraction of sp³-hybridized carbons (Fsp3) is 0.364. The van der Waals surface area contributed by atoms with Gasteiger partial charge in [0.2, 0.25) is 0 Å². The number of ether oxygens (including phenoxy) is 1. The van der Waals surface area contributed by atoms with Crippen LogP contribution in [0.5, 0.6) is 5.75 Å². The second-order valence-corrected chi connectivity index (χ2v) is 3.48. The molecule has 94 valence electrons. The van der Waals surface area contributed by atoms with E-state index in [-0.39, 0.29) is 23.9 Å². The predicted octanol–water partition coefficient (Wildman–Crippen LogP) is 1.36. The molecule has 0 aliphatic rings. The molecule has 0 spiro atoms. The third-order valence-electron chi connectivity index (χ3n) is 2.08. The van der Waals surface area contributed by atoms with E-state index in [0.717, 1.165) is 0 Å². The van der Waals surface area contributed by atoms with Gasteiger partial charge >= 0.3 is 6.61 Å². The monoisotopic (exact) mass is 244 g/mol. The zero-order chi connectivity index (χ0) is 12.8. The van der Waals surface area contributed by atoms with Crippen LogP contribution in [-0.2, 0) is 0 Å². The van der Waals surface area contributed by atoms with E-state index >= 15 is 0 Å². The van der Waals surface area contributed by atoms with Crippen LogP contribution in [0.25, 0.3) is 0 Å². The number of amides is 1. The minimum atomic E-state index is -2.96. The number of carbonyl (C=O) groups is 1. The second-order valence-electron chi connectivity index (χ2n) is 3.48. The van der Waals surface area contributed by atoms with Gasteiger partial charge in [0.15, 0.2) is 0 Å². The van der Waals surface area contributed by atoms with Crippen molar-refractivity contribution < 1.29 is 18.3 Å². The number of rotatable bonds is 5. The highest BCUT2D eigenvalue weighted by molar-refractivity contribution is 5.97. The number of halogens is 2. The van der Waals surface area contributed by atoms with Crippen molar-refractivity contribution in [3.8, 4) is 5.75 Å². The molecule has 0 radical (unpaired) electrons. The number of nitrogens with two attached hydrogens (primary N) is 1. The molecule has 1 atom stereocenters. The summed E-state index contributed by atoms with van der Waals surface area (Å²) in [6.07, 6.45) is 0. The number of para-hydroxylation sites is 1. The Morgan fingerprint density at radius 1 is 1.47 bits per heavy atom. The second kappa shape index (κ2) is 6.15. The lowest BCUT2D eigenvalue weighted by Crippen LogP contribution is -2.38. The summed E-state index contributed by atoms with van der Waals surface area (Å²) in [5, 5.41) is 2.57. The molecule has 1 aromatic carbocycles. The predicted molar refractivity (Wildman–Crippen MR) is 59.1 cm³/mol. The van der Waals surface area contributed by atoms with Gasteiger partial charge in [0.25, 0.3) is 5.91 Å². The summed E-state index contributed by atoms with van der Waals surface area (Å²) in [5.74, 6) is -0.636. The first-order chi connectivity index (χ1) is 8.04. The topological polar surface area (TPSA) is 64.3 Å². The molecule has 0 aliphatic carbocycles. The summed E-state index contributed by atoms with van der Waals surface area (Å²) >= 11 is 0. The molecule has 3 N–H and O–H groups in total. The van der Waals surface area contributed by atoms with Gasteiger partial charge < -0.3 is 15.8 Å². The quantitative estimate of drug-likeness (QED) is 0.822. The Hall–Kier alpha value is -1.69. The highest BCUT2D eigenvalue weighted by atomic mass is 19.3. The van der Waals surface area contributed by atoms with Crippen molar-refractivity contribution in [3.05, 3.63) is 29.8 Å². The number of hydrogen-bond acceptors (Lipinski definition) is 3. The standard InChI is InChI=1S/C11H14F2N2O2/c1-7(6-14)15-10(16)8-4-2-3-5-9(8)17-11(12)13/h2-5,7,11H,6,14H2,1H3,(H,15,16)/t7-/m0/s1. The van der Waals surface area contributed by atoms with Crippen molar-refractivity contribution >= 4 is 5.91 Å². The molecule has 6 heteroatoms. The number of alkyl halides is 2. The summed E-state index contributed by atoms with van der Waals surface area (Å²) in [6.45, 7) is -0.978.